The number of H-pyrrole nitrogens is 1. The van der Waals surface area contributed by atoms with Gasteiger partial charge in [0.1, 0.15) is 0 Å². The smallest absolute Gasteiger partial charge is 0.319 e. The second kappa shape index (κ2) is 5.66. The normalized spacial score (nSPS) is 15.5. The quantitative estimate of drug-likeness (QED) is 0.682. The number of rotatable bonds is 4. The standard InChI is InChI=1S/C16H17N5OS/c1-9(14-8-23-15(20-14)10-2-3-10)18-16(22)19-12-4-5-13-11(6-12)7-17-21-13/h4-10H,2-3H2,1H3,(H,17,21)(H2,18,19,22). The monoisotopic (exact) mass is 327 g/mol. The van der Waals surface area contributed by atoms with Crippen LogP contribution in [0.15, 0.2) is 29.8 Å². The Morgan fingerprint density at radius 1 is 1.43 bits per heavy atom. The van der Waals surface area contributed by atoms with Crippen LogP contribution in [0.3, 0.4) is 0 Å². The first-order valence-corrected chi connectivity index (χ1v) is 8.53. The molecule has 0 aliphatic heterocycles. The summed E-state index contributed by atoms with van der Waals surface area (Å²) >= 11 is 1.69. The highest BCUT2D eigenvalue weighted by Crippen LogP contribution is 2.41. The van der Waals surface area contributed by atoms with Crippen molar-refractivity contribution in [2.45, 2.75) is 31.7 Å². The van der Waals surface area contributed by atoms with Crippen LogP contribution >= 0.6 is 11.3 Å². The van der Waals surface area contributed by atoms with E-state index in [1.807, 2.05) is 30.5 Å². The van der Waals surface area contributed by atoms with Gasteiger partial charge in [0.15, 0.2) is 0 Å². The summed E-state index contributed by atoms with van der Waals surface area (Å²) < 4.78 is 0. The average Bonchev–Trinajstić information content (AvgIpc) is 3.08. The summed E-state index contributed by atoms with van der Waals surface area (Å²) in [7, 11) is 0. The number of carbonyl (C=O) groups is 1. The number of aromatic amines is 1. The highest BCUT2D eigenvalue weighted by atomic mass is 32.1. The summed E-state index contributed by atoms with van der Waals surface area (Å²) in [5, 5.41) is 16.8. The third-order valence-corrected chi connectivity index (χ3v) is 4.98. The van der Waals surface area contributed by atoms with E-state index in [-0.39, 0.29) is 12.1 Å². The highest BCUT2D eigenvalue weighted by Gasteiger charge is 2.27. The summed E-state index contributed by atoms with van der Waals surface area (Å²) in [6.45, 7) is 1.95. The van der Waals surface area contributed by atoms with E-state index in [4.69, 9.17) is 0 Å². The maximum Gasteiger partial charge on any atom is 0.319 e. The number of hydrogen-bond acceptors (Lipinski definition) is 4. The number of fused-ring (bicyclic) bond motifs is 1. The number of urea groups is 1. The summed E-state index contributed by atoms with van der Waals surface area (Å²) in [6.07, 6.45) is 4.22. The topological polar surface area (TPSA) is 82.7 Å². The van der Waals surface area contributed by atoms with Crippen LogP contribution in [0.1, 0.15) is 42.4 Å². The van der Waals surface area contributed by atoms with Gasteiger partial charge in [0, 0.05) is 22.4 Å². The first-order chi connectivity index (χ1) is 11.2. The molecule has 2 amide bonds. The molecule has 1 aliphatic rings. The van der Waals surface area contributed by atoms with Crippen LogP contribution in [0.25, 0.3) is 10.9 Å². The molecule has 1 unspecified atom stereocenters. The largest absolute Gasteiger partial charge is 0.330 e. The Morgan fingerprint density at radius 2 is 2.30 bits per heavy atom. The van der Waals surface area contributed by atoms with Crippen LogP contribution in [0.5, 0.6) is 0 Å². The molecule has 1 aliphatic carbocycles. The van der Waals surface area contributed by atoms with Crippen LogP contribution in [0.2, 0.25) is 0 Å². The van der Waals surface area contributed by atoms with E-state index in [0.717, 1.165) is 22.3 Å². The molecule has 0 spiro atoms. The fourth-order valence-electron chi connectivity index (χ4n) is 2.48. The molecule has 2 aromatic heterocycles. The van der Waals surface area contributed by atoms with Crippen molar-refractivity contribution < 1.29 is 4.79 Å². The van der Waals surface area contributed by atoms with E-state index in [1.54, 1.807) is 17.5 Å². The Kier molecular flexibility index (Phi) is 3.49. The summed E-state index contributed by atoms with van der Waals surface area (Å²) in [5.41, 5.74) is 2.61. The summed E-state index contributed by atoms with van der Waals surface area (Å²) in [4.78, 5) is 16.8. The van der Waals surface area contributed by atoms with Crippen molar-refractivity contribution in [3.63, 3.8) is 0 Å². The molecule has 1 fully saturated rings. The Morgan fingerprint density at radius 3 is 3.13 bits per heavy atom. The van der Waals surface area contributed by atoms with Gasteiger partial charge in [-0.05, 0) is 38.0 Å². The number of hydrogen-bond donors (Lipinski definition) is 3. The predicted octanol–water partition coefficient (Wildman–Crippen LogP) is 3.78. The summed E-state index contributed by atoms with van der Waals surface area (Å²) in [5.74, 6) is 0.650. The Balaban J connectivity index is 1.39. The number of carbonyl (C=O) groups excluding carboxylic acids is 1. The van der Waals surface area contributed by atoms with E-state index in [1.165, 1.54) is 17.8 Å². The molecule has 118 valence electrons. The zero-order valence-corrected chi connectivity index (χ0v) is 13.5. The third-order valence-electron chi connectivity index (χ3n) is 3.96. The van der Waals surface area contributed by atoms with Crippen molar-refractivity contribution in [1.82, 2.24) is 20.5 Å². The fourth-order valence-corrected chi connectivity index (χ4v) is 3.56. The van der Waals surface area contributed by atoms with Gasteiger partial charge in [-0.2, -0.15) is 5.10 Å². The Bertz CT molecular complexity index is 851. The van der Waals surface area contributed by atoms with Crippen LogP contribution in [-0.4, -0.2) is 21.2 Å². The molecule has 0 radical (unpaired) electrons. The van der Waals surface area contributed by atoms with E-state index >= 15 is 0 Å². The first-order valence-electron chi connectivity index (χ1n) is 7.65. The number of amides is 2. The van der Waals surface area contributed by atoms with E-state index in [2.05, 4.69) is 25.8 Å². The number of nitrogens with one attached hydrogen (secondary N) is 3. The molecule has 7 heteroatoms. The van der Waals surface area contributed by atoms with Crippen molar-refractivity contribution in [3.8, 4) is 0 Å². The lowest BCUT2D eigenvalue weighted by Gasteiger charge is -2.12. The zero-order chi connectivity index (χ0) is 15.8. The minimum atomic E-state index is -0.235. The van der Waals surface area contributed by atoms with Crippen LogP contribution in [0, 0.1) is 0 Å². The van der Waals surface area contributed by atoms with Crippen molar-refractivity contribution in [2.24, 2.45) is 0 Å². The molecule has 1 saturated carbocycles. The number of anilines is 1. The van der Waals surface area contributed by atoms with E-state index in [9.17, 15) is 4.79 Å². The second-order valence-electron chi connectivity index (χ2n) is 5.88. The molecule has 2 heterocycles. The van der Waals surface area contributed by atoms with Crippen molar-refractivity contribution in [3.05, 3.63) is 40.5 Å². The van der Waals surface area contributed by atoms with Gasteiger partial charge in [0.25, 0.3) is 0 Å². The van der Waals surface area contributed by atoms with Gasteiger partial charge in [-0.1, -0.05) is 0 Å². The van der Waals surface area contributed by atoms with Gasteiger partial charge >= 0.3 is 6.03 Å². The maximum absolute atomic E-state index is 12.2. The molecule has 23 heavy (non-hydrogen) atoms. The lowest BCUT2D eigenvalue weighted by Crippen LogP contribution is -2.31. The molecule has 6 nitrogen and oxygen atoms in total. The van der Waals surface area contributed by atoms with Crippen molar-refractivity contribution in [2.75, 3.05) is 5.32 Å². The molecule has 4 rings (SSSR count). The Labute approximate surface area is 137 Å². The lowest BCUT2D eigenvalue weighted by molar-refractivity contribution is 0.249. The zero-order valence-electron chi connectivity index (χ0n) is 12.7. The predicted molar refractivity (Wildman–Crippen MR) is 90.8 cm³/mol. The number of nitrogens with zero attached hydrogens (tertiary/aromatic N) is 2. The lowest BCUT2D eigenvalue weighted by atomic mass is 10.2. The first kappa shape index (κ1) is 14.2. The molecular formula is C16H17N5OS. The molecule has 0 saturated heterocycles. The highest BCUT2D eigenvalue weighted by molar-refractivity contribution is 7.09. The molecule has 3 aromatic rings. The van der Waals surface area contributed by atoms with Gasteiger partial charge in [-0.3, -0.25) is 5.10 Å². The maximum atomic E-state index is 12.2. The van der Waals surface area contributed by atoms with Crippen LogP contribution in [-0.2, 0) is 0 Å². The van der Waals surface area contributed by atoms with E-state index in [0.29, 0.717) is 5.92 Å². The van der Waals surface area contributed by atoms with Crippen molar-refractivity contribution in [1.29, 1.82) is 0 Å². The molecule has 1 atom stereocenters. The van der Waals surface area contributed by atoms with Gasteiger partial charge < -0.3 is 10.6 Å². The minimum absolute atomic E-state index is 0.114. The second-order valence-corrected chi connectivity index (χ2v) is 6.77. The summed E-state index contributed by atoms with van der Waals surface area (Å²) in [6, 6.07) is 5.28. The molecule has 1 aromatic carbocycles. The van der Waals surface area contributed by atoms with Gasteiger partial charge in [-0.25, -0.2) is 9.78 Å². The average molecular weight is 327 g/mol. The van der Waals surface area contributed by atoms with Gasteiger partial charge in [0.2, 0.25) is 0 Å². The fraction of sp³-hybridized carbons (Fsp3) is 0.312. The van der Waals surface area contributed by atoms with Gasteiger partial charge in [0.05, 0.1) is 28.5 Å². The number of benzene rings is 1. The Hall–Kier alpha value is -2.41. The third kappa shape index (κ3) is 3.05. The molecule has 0 bridgehead atoms. The van der Waals surface area contributed by atoms with Crippen LogP contribution < -0.4 is 10.6 Å². The van der Waals surface area contributed by atoms with E-state index < -0.39 is 0 Å². The molecule has 3 N–H and O–H groups in total. The van der Waals surface area contributed by atoms with Gasteiger partial charge in [-0.15, -0.1) is 11.3 Å². The van der Waals surface area contributed by atoms with Crippen LogP contribution in [0.4, 0.5) is 10.5 Å². The SMILES string of the molecule is CC(NC(=O)Nc1ccc2[nH]ncc2c1)c1csc(C2CC2)n1. The number of thiazole rings is 1. The van der Waals surface area contributed by atoms with Crippen molar-refractivity contribution >= 4 is 34.0 Å². The molecular weight excluding hydrogens is 310 g/mol. The minimum Gasteiger partial charge on any atom is -0.330 e. The number of aromatic nitrogens is 3.